The number of hydrogen-bond donors (Lipinski definition) is 6. The molecular formula is C23H29NO8. The van der Waals surface area contributed by atoms with E-state index in [1.54, 1.807) is 18.2 Å². The Kier molecular flexibility index (Phi) is 8.31. The highest BCUT2D eigenvalue weighted by Crippen LogP contribution is 2.49. The van der Waals surface area contributed by atoms with Gasteiger partial charge >= 0.3 is 0 Å². The minimum Gasteiger partial charge on any atom is -0.507 e. The Hall–Kier alpha value is -3.01. The van der Waals surface area contributed by atoms with E-state index in [4.69, 9.17) is 20.4 Å². The Balaban J connectivity index is 0.000000860. The number of hydrogen-bond acceptors (Lipinski definition) is 9. The molecule has 0 spiro atoms. The molecule has 1 aromatic rings. The summed E-state index contributed by atoms with van der Waals surface area (Å²) in [7, 11) is 3.43. The molecule has 1 aromatic carbocycles. The van der Waals surface area contributed by atoms with E-state index in [1.165, 1.54) is 7.11 Å². The number of aliphatic hydroxyl groups excluding tert-OH is 3. The predicted molar refractivity (Wildman–Crippen MR) is 116 cm³/mol. The summed E-state index contributed by atoms with van der Waals surface area (Å²) in [5, 5.41) is 52.9. The normalized spacial score (nSPS) is 22.7. The zero-order valence-corrected chi connectivity index (χ0v) is 18.3. The number of phenolic OH excluding ortho intramolecular Hbond substituents is 2. The maximum atomic E-state index is 13.2. The molecule has 0 saturated heterocycles. The lowest BCUT2D eigenvalue weighted by Crippen LogP contribution is -2.39. The quantitative estimate of drug-likeness (QED) is 0.296. The van der Waals surface area contributed by atoms with Crippen molar-refractivity contribution in [2.24, 2.45) is 17.8 Å². The van der Waals surface area contributed by atoms with Gasteiger partial charge in [-0.2, -0.15) is 0 Å². The molecule has 4 rings (SSSR count). The van der Waals surface area contributed by atoms with Crippen LogP contribution in [0.2, 0.25) is 0 Å². The van der Waals surface area contributed by atoms with Crippen LogP contribution in [0.3, 0.4) is 0 Å². The van der Waals surface area contributed by atoms with Gasteiger partial charge in [-0.25, -0.2) is 0 Å². The van der Waals surface area contributed by atoms with Crippen LogP contribution in [0.5, 0.6) is 11.5 Å². The minimum atomic E-state index is -0.850. The molecule has 0 aromatic heterocycles. The van der Waals surface area contributed by atoms with Gasteiger partial charge in [-0.15, -0.1) is 0 Å². The zero-order chi connectivity index (χ0) is 24.2. The van der Waals surface area contributed by atoms with Gasteiger partial charge in [0.2, 0.25) is 0 Å². The standard InChI is InChI=1S/C21H21NO6.2CH4O/c1-28-14-4-2-3-11-15(14)21(27)17-16(19(11)25)20(26)12-7-9(13(22)8-23)5-6-10(12)18(17)24;2*1-2/h2-4,9,11,15,22-24,26H,5-8H2,1H3;2*2H,1H3. The van der Waals surface area contributed by atoms with Gasteiger partial charge in [-0.3, -0.25) is 9.59 Å². The molecule has 0 radical (unpaired) electrons. The number of Topliss-reactive ketones (excluding diaryl/α,β-unsaturated/α-hetero) is 2. The van der Waals surface area contributed by atoms with Gasteiger partial charge < -0.3 is 35.7 Å². The highest BCUT2D eigenvalue weighted by molar-refractivity contribution is 6.20. The highest BCUT2D eigenvalue weighted by atomic mass is 16.5. The van der Waals surface area contributed by atoms with Crippen LogP contribution in [0.15, 0.2) is 24.0 Å². The number of rotatable bonds is 3. The fourth-order valence-electron chi connectivity index (χ4n) is 4.60. The molecule has 0 bridgehead atoms. The molecule has 0 amide bonds. The number of methoxy groups -OCH3 is 1. The van der Waals surface area contributed by atoms with E-state index < -0.39 is 23.4 Å². The first-order valence-electron chi connectivity index (χ1n) is 10.1. The summed E-state index contributed by atoms with van der Waals surface area (Å²) in [6.45, 7) is -0.379. The van der Waals surface area contributed by atoms with Crippen molar-refractivity contribution in [1.82, 2.24) is 0 Å². The molecule has 3 aliphatic rings. The number of allylic oxidation sites excluding steroid dienone is 4. The largest absolute Gasteiger partial charge is 0.507 e. The average Bonchev–Trinajstić information content (AvgIpc) is 2.85. The van der Waals surface area contributed by atoms with E-state index in [1.807, 2.05) is 0 Å². The highest BCUT2D eigenvalue weighted by Gasteiger charge is 2.48. The second-order valence-corrected chi connectivity index (χ2v) is 7.42. The summed E-state index contributed by atoms with van der Waals surface area (Å²) >= 11 is 0. The van der Waals surface area contributed by atoms with E-state index in [-0.39, 0.29) is 47.3 Å². The van der Waals surface area contributed by atoms with Crippen LogP contribution in [0, 0.1) is 23.2 Å². The first-order valence-corrected chi connectivity index (χ1v) is 10.1. The van der Waals surface area contributed by atoms with Crippen molar-refractivity contribution in [3.8, 4) is 11.5 Å². The molecule has 174 valence electrons. The number of aromatic hydroxyl groups is 2. The van der Waals surface area contributed by atoms with Gasteiger partial charge in [0.1, 0.15) is 17.3 Å². The fourth-order valence-corrected chi connectivity index (χ4v) is 4.60. The van der Waals surface area contributed by atoms with Crippen LogP contribution in [-0.2, 0) is 17.6 Å². The van der Waals surface area contributed by atoms with Gasteiger partial charge in [0, 0.05) is 37.0 Å². The van der Waals surface area contributed by atoms with Gasteiger partial charge in [-0.1, -0.05) is 12.2 Å². The maximum Gasteiger partial charge on any atom is 0.179 e. The second kappa shape index (κ2) is 10.5. The summed E-state index contributed by atoms with van der Waals surface area (Å²) < 4.78 is 5.28. The third-order valence-electron chi connectivity index (χ3n) is 6.07. The molecule has 32 heavy (non-hydrogen) atoms. The van der Waals surface area contributed by atoms with E-state index in [2.05, 4.69) is 0 Å². The predicted octanol–water partition coefficient (Wildman–Crippen LogP) is 1.14. The fraction of sp³-hybridized carbons (Fsp3) is 0.435. The number of nitrogens with one attached hydrogen (secondary N) is 1. The average molecular weight is 447 g/mol. The van der Waals surface area contributed by atoms with Crippen molar-refractivity contribution in [2.45, 2.75) is 19.3 Å². The zero-order valence-electron chi connectivity index (χ0n) is 18.3. The lowest BCUT2D eigenvalue weighted by Gasteiger charge is -2.34. The lowest BCUT2D eigenvalue weighted by molar-refractivity contribution is 0.0734. The SMILES string of the molecule is CO.CO.COC1=CC=CC2C(=O)c3c(O)c4c(c(O)c3C(=O)C12)CCC(C(=N)CO)C4. The Bertz CT molecular complexity index is 979. The molecule has 3 aliphatic carbocycles. The molecule has 0 heterocycles. The second-order valence-electron chi connectivity index (χ2n) is 7.42. The molecule has 6 N–H and O–H groups in total. The van der Waals surface area contributed by atoms with Crippen LogP contribution in [0.1, 0.15) is 38.3 Å². The number of fused-ring (bicyclic) bond motifs is 3. The van der Waals surface area contributed by atoms with E-state index in [0.717, 1.165) is 14.2 Å². The molecule has 9 heteroatoms. The molecule has 3 atom stereocenters. The lowest BCUT2D eigenvalue weighted by atomic mass is 9.68. The van der Waals surface area contributed by atoms with Crippen molar-refractivity contribution in [2.75, 3.05) is 27.9 Å². The summed E-state index contributed by atoms with van der Waals surface area (Å²) in [6, 6.07) is 0. The number of carbonyl (C=O) groups excluding carboxylic acids is 2. The van der Waals surface area contributed by atoms with Gasteiger partial charge in [-0.05, 0) is 25.3 Å². The molecule has 0 aliphatic heterocycles. The van der Waals surface area contributed by atoms with Crippen molar-refractivity contribution < 1.29 is 39.9 Å². The van der Waals surface area contributed by atoms with Gasteiger partial charge in [0.05, 0.1) is 36.7 Å². The van der Waals surface area contributed by atoms with Crippen molar-refractivity contribution in [1.29, 1.82) is 5.41 Å². The third kappa shape index (κ3) is 3.94. The first kappa shape index (κ1) is 25.3. The Morgan fingerprint density at radius 1 is 1.06 bits per heavy atom. The van der Waals surface area contributed by atoms with Crippen LogP contribution in [0.4, 0.5) is 0 Å². The molecule has 9 nitrogen and oxygen atoms in total. The van der Waals surface area contributed by atoms with Crippen molar-refractivity contribution >= 4 is 17.3 Å². The number of aliphatic hydroxyl groups is 3. The summed E-state index contributed by atoms with van der Waals surface area (Å²) in [5.74, 6) is -3.01. The summed E-state index contributed by atoms with van der Waals surface area (Å²) in [4.78, 5) is 26.3. The first-order chi connectivity index (χ1) is 15.4. The number of phenols is 2. The summed E-state index contributed by atoms with van der Waals surface area (Å²) in [5.41, 5.74) is 0.673. The molecule has 3 unspecified atom stereocenters. The van der Waals surface area contributed by atoms with Crippen LogP contribution < -0.4 is 0 Å². The number of ketones is 2. The van der Waals surface area contributed by atoms with E-state index in [0.29, 0.717) is 29.7 Å². The van der Waals surface area contributed by atoms with E-state index >= 15 is 0 Å². The third-order valence-corrected chi connectivity index (χ3v) is 6.07. The minimum absolute atomic E-state index is 0.142. The van der Waals surface area contributed by atoms with Gasteiger partial charge in [0.15, 0.2) is 11.6 Å². The molecule has 0 saturated carbocycles. The van der Waals surface area contributed by atoms with E-state index in [9.17, 15) is 24.9 Å². The topological polar surface area (TPSA) is 168 Å². The van der Waals surface area contributed by atoms with Gasteiger partial charge in [0.25, 0.3) is 0 Å². The van der Waals surface area contributed by atoms with Crippen LogP contribution >= 0.6 is 0 Å². The Morgan fingerprint density at radius 2 is 1.66 bits per heavy atom. The number of benzene rings is 1. The maximum absolute atomic E-state index is 13.2. The number of ether oxygens (including phenoxy) is 1. The van der Waals surface area contributed by atoms with Crippen molar-refractivity contribution in [3.63, 3.8) is 0 Å². The monoisotopic (exact) mass is 447 g/mol. The smallest absolute Gasteiger partial charge is 0.179 e. The van der Waals surface area contributed by atoms with Crippen LogP contribution in [0.25, 0.3) is 0 Å². The molecule has 0 fully saturated rings. The Labute approximate surface area is 185 Å². The summed E-state index contributed by atoms with van der Waals surface area (Å²) in [6.07, 6.45) is 5.96. The molecular weight excluding hydrogens is 418 g/mol. The number of carbonyl (C=O) groups is 2. The Morgan fingerprint density at radius 3 is 2.25 bits per heavy atom. The van der Waals surface area contributed by atoms with Crippen LogP contribution in [-0.4, -0.2) is 70.7 Å². The van der Waals surface area contributed by atoms with Crippen molar-refractivity contribution in [3.05, 3.63) is 46.2 Å².